The zero-order valence-electron chi connectivity index (χ0n) is 10.1. The predicted molar refractivity (Wildman–Crippen MR) is 67.8 cm³/mol. The summed E-state index contributed by atoms with van der Waals surface area (Å²) >= 11 is 5.48. The van der Waals surface area contributed by atoms with Crippen LogP contribution in [0.2, 0.25) is 0 Å². The third-order valence-corrected chi connectivity index (χ3v) is 2.51. The molecule has 0 saturated heterocycles. The summed E-state index contributed by atoms with van der Waals surface area (Å²) in [6.45, 7) is 5.77. The van der Waals surface area contributed by atoms with Crippen LogP contribution >= 0.6 is 11.6 Å². The van der Waals surface area contributed by atoms with Crippen molar-refractivity contribution in [3.8, 4) is 0 Å². The highest BCUT2D eigenvalue weighted by atomic mass is 35.5. The molecule has 92 valence electrons. The molecule has 0 aromatic heterocycles. The van der Waals surface area contributed by atoms with E-state index in [2.05, 4.69) is 12.2 Å². The monoisotopic (exact) mass is 235 g/mol. The molecule has 0 aromatic carbocycles. The van der Waals surface area contributed by atoms with Gasteiger partial charge in [0.1, 0.15) is 0 Å². The number of unbranched alkanes of at least 4 members (excludes halogenated alkanes) is 5. The van der Waals surface area contributed by atoms with Crippen molar-refractivity contribution in [3.05, 3.63) is 0 Å². The number of nitrogens with one attached hydrogen (secondary N) is 1. The van der Waals surface area contributed by atoms with Crippen LogP contribution in [0, 0.1) is 0 Å². The van der Waals surface area contributed by atoms with Crippen LogP contribution in [0.15, 0.2) is 0 Å². The molecule has 0 aliphatic rings. The first kappa shape index (κ1) is 15.2. The highest BCUT2D eigenvalue weighted by molar-refractivity contribution is 6.17. The summed E-state index contributed by atoms with van der Waals surface area (Å²) in [5, 5.41) is 3.37. The summed E-state index contributed by atoms with van der Waals surface area (Å²) in [6.07, 6.45) is 8.15. The molecule has 0 saturated carbocycles. The molecular formula is C12H26ClNO. The second-order valence-electron chi connectivity index (χ2n) is 3.82. The molecular weight excluding hydrogens is 210 g/mol. The topological polar surface area (TPSA) is 21.3 Å². The highest BCUT2D eigenvalue weighted by Gasteiger charge is 1.90. The lowest BCUT2D eigenvalue weighted by molar-refractivity contribution is 0.151. The smallest absolute Gasteiger partial charge is 0.0602 e. The fourth-order valence-electron chi connectivity index (χ4n) is 1.46. The maximum atomic E-state index is 5.48. The summed E-state index contributed by atoms with van der Waals surface area (Å²) in [4.78, 5) is 0. The fraction of sp³-hybridized carbons (Fsp3) is 1.00. The summed E-state index contributed by atoms with van der Waals surface area (Å²) in [5.41, 5.74) is 0. The van der Waals surface area contributed by atoms with E-state index in [9.17, 15) is 0 Å². The largest absolute Gasteiger partial charge is 0.379 e. The van der Waals surface area contributed by atoms with Gasteiger partial charge in [0.05, 0.1) is 13.2 Å². The standard InChI is InChI=1S/C12H26ClNO/c1-2-3-4-5-6-7-9-14-10-12-15-11-8-13/h14H,2-12H2,1H3. The van der Waals surface area contributed by atoms with Crippen molar-refractivity contribution in [1.82, 2.24) is 5.32 Å². The number of halogens is 1. The van der Waals surface area contributed by atoms with Gasteiger partial charge >= 0.3 is 0 Å². The zero-order chi connectivity index (χ0) is 11.2. The predicted octanol–water partition coefficient (Wildman–Crippen LogP) is 3.19. The Hall–Kier alpha value is 0.210. The molecule has 15 heavy (non-hydrogen) atoms. The van der Waals surface area contributed by atoms with Crippen molar-refractivity contribution in [1.29, 1.82) is 0 Å². The second kappa shape index (κ2) is 14.2. The number of hydrogen-bond acceptors (Lipinski definition) is 2. The minimum Gasteiger partial charge on any atom is -0.379 e. The minimum atomic E-state index is 0.595. The van der Waals surface area contributed by atoms with E-state index >= 15 is 0 Å². The van der Waals surface area contributed by atoms with E-state index in [4.69, 9.17) is 16.3 Å². The molecule has 0 amide bonds. The SMILES string of the molecule is CCCCCCCCNCCOCCCl. The van der Waals surface area contributed by atoms with E-state index in [0.29, 0.717) is 12.5 Å². The highest BCUT2D eigenvalue weighted by Crippen LogP contribution is 2.03. The van der Waals surface area contributed by atoms with Gasteiger partial charge in [0, 0.05) is 12.4 Å². The molecule has 3 heteroatoms. The van der Waals surface area contributed by atoms with Crippen molar-refractivity contribution >= 4 is 11.6 Å². The third kappa shape index (κ3) is 14.2. The van der Waals surface area contributed by atoms with Gasteiger partial charge in [-0.3, -0.25) is 0 Å². The molecule has 0 spiro atoms. The zero-order valence-corrected chi connectivity index (χ0v) is 10.8. The van der Waals surface area contributed by atoms with Gasteiger partial charge in [-0.25, -0.2) is 0 Å². The minimum absolute atomic E-state index is 0.595. The van der Waals surface area contributed by atoms with Crippen LogP contribution in [0.4, 0.5) is 0 Å². The van der Waals surface area contributed by atoms with Gasteiger partial charge in [-0.1, -0.05) is 39.0 Å². The van der Waals surface area contributed by atoms with Crippen LogP contribution in [0.1, 0.15) is 45.4 Å². The Balaban J connectivity index is 2.81. The molecule has 0 heterocycles. The Morgan fingerprint density at radius 2 is 1.67 bits per heavy atom. The van der Waals surface area contributed by atoms with Crippen molar-refractivity contribution in [3.63, 3.8) is 0 Å². The third-order valence-electron chi connectivity index (χ3n) is 2.35. The van der Waals surface area contributed by atoms with E-state index in [1.807, 2.05) is 0 Å². The number of rotatable bonds is 12. The van der Waals surface area contributed by atoms with Crippen molar-refractivity contribution in [2.45, 2.75) is 45.4 Å². The summed E-state index contributed by atoms with van der Waals surface area (Å²) in [5.74, 6) is 0.595. The maximum Gasteiger partial charge on any atom is 0.0602 e. The van der Waals surface area contributed by atoms with Crippen LogP contribution in [-0.4, -0.2) is 32.2 Å². The average molecular weight is 236 g/mol. The summed E-state index contributed by atoms with van der Waals surface area (Å²) in [6, 6.07) is 0. The van der Waals surface area contributed by atoms with Crippen LogP contribution in [0.25, 0.3) is 0 Å². The van der Waals surface area contributed by atoms with Crippen LogP contribution in [0.3, 0.4) is 0 Å². The van der Waals surface area contributed by atoms with Gasteiger partial charge in [0.15, 0.2) is 0 Å². The number of alkyl halides is 1. The van der Waals surface area contributed by atoms with Crippen molar-refractivity contribution < 1.29 is 4.74 Å². The maximum absolute atomic E-state index is 5.48. The lowest BCUT2D eigenvalue weighted by Gasteiger charge is -2.05. The molecule has 0 fully saturated rings. The number of ether oxygens (including phenoxy) is 1. The Bertz CT molecular complexity index is 99.8. The van der Waals surface area contributed by atoms with Crippen LogP contribution in [0.5, 0.6) is 0 Å². The van der Waals surface area contributed by atoms with E-state index in [-0.39, 0.29) is 0 Å². The molecule has 0 bridgehead atoms. The Labute approximate surface area is 99.7 Å². The average Bonchev–Trinajstić information content (AvgIpc) is 2.26. The second-order valence-corrected chi connectivity index (χ2v) is 4.20. The van der Waals surface area contributed by atoms with Crippen LogP contribution < -0.4 is 5.32 Å². The molecule has 0 aromatic rings. The first-order valence-electron chi connectivity index (χ1n) is 6.26. The van der Waals surface area contributed by atoms with Crippen LogP contribution in [-0.2, 0) is 4.74 Å². The molecule has 0 aliphatic heterocycles. The Kier molecular flexibility index (Phi) is 14.4. The van der Waals surface area contributed by atoms with Gasteiger partial charge in [-0.15, -0.1) is 11.6 Å². The molecule has 2 nitrogen and oxygen atoms in total. The van der Waals surface area contributed by atoms with Gasteiger partial charge < -0.3 is 10.1 Å². The molecule has 0 rings (SSSR count). The van der Waals surface area contributed by atoms with Gasteiger partial charge in [-0.2, -0.15) is 0 Å². The van der Waals surface area contributed by atoms with E-state index in [0.717, 1.165) is 19.7 Å². The lowest BCUT2D eigenvalue weighted by Crippen LogP contribution is -2.21. The normalized spacial score (nSPS) is 10.8. The lowest BCUT2D eigenvalue weighted by atomic mass is 10.1. The molecule has 0 aliphatic carbocycles. The van der Waals surface area contributed by atoms with Crippen molar-refractivity contribution in [2.75, 3.05) is 32.2 Å². The first-order chi connectivity index (χ1) is 7.41. The van der Waals surface area contributed by atoms with E-state index < -0.39 is 0 Å². The number of hydrogen-bond donors (Lipinski definition) is 1. The quantitative estimate of drug-likeness (QED) is 0.414. The van der Waals surface area contributed by atoms with Gasteiger partial charge in [-0.05, 0) is 13.0 Å². The van der Waals surface area contributed by atoms with Gasteiger partial charge in [0.25, 0.3) is 0 Å². The first-order valence-corrected chi connectivity index (χ1v) is 6.79. The molecule has 0 unspecified atom stereocenters. The Morgan fingerprint density at radius 1 is 0.933 bits per heavy atom. The fourth-order valence-corrected chi connectivity index (χ4v) is 1.57. The molecule has 0 radical (unpaired) electrons. The van der Waals surface area contributed by atoms with E-state index in [1.54, 1.807) is 0 Å². The summed E-state index contributed by atoms with van der Waals surface area (Å²) in [7, 11) is 0. The molecule has 0 atom stereocenters. The Morgan fingerprint density at radius 3 is 2.40 bits per heavy atom. The van der Waals surface area contributed by atoms with E-state index in [1.165, 1.54) is 38.5 Å². The molecule has 1 N–H and O–H groups in total. The van der Waals surface area contributed by atoms with Gasteiger partial charge in [0.2, 0.25) is 0 Å². The summed E-state index contributed by atoms with van der Waals surface area (Å²) < 4.78 is 5.25. The van der Waals surface area contributed by atoms with Crippen molar-refractivity contribution in [2.24, 2.45) is 0 Å².